The Labute approximate surface area is 194 Å². The average Bonchev–Trinajstić information content (AvgIpc) is 3.14. The standard InChI is InChI=1S/C22H22FN3O5S2/c1-3-4-13-31-21(28)15-5-9-17(10-6-15)25-20(27)19-14(2)24-22(32-19)26-33(29,30)18-11-7-16(23)8-12-18/h5-12H,3-4,13H2,1-2H3,(H,24,26)(H,25,27). The van der Waals surface area contributed by atoms with Crippen molar-refractivity contribution in [3.8, 4) is 0 Å². The number of aromatic nitrogens is 1. The van der Waals surface area contributed by atoms with Crippen LogP contribution in [0, 0.1) is 12.7 Å². The summed E-state index contributed by atoms with van der Waals surface area (Å²) in [5.41, 5.74) is 1.16. The quantitative estimate of drug-likeness (QED) is 0.334. The third-order valence-electron chi connectivity index (χ3n) is 4.46. The van der Waals surface area contributed by atoms with Crippen molar-refractivity contribution in [3.05, 3.63) is 70.5 Å². The van der Waals surface area contributed by atoms with Gasteiger partial charge in [-0.2, -0.15) is 0 Å². The Hall–Kier alpha value is -3.31. The molecule has 0 radical (unpaired) electrons. The Morgan fingerprint density at radius 2 is 1.76 bits per heavy atom. The average molecular weight is 492 g/mol. The lowest BCUT2D eigenvalue weighted by Crippen LogP contribution is -2.12. The number of esters is 1. The normalized spacial score (nSPS) is 11.1. The summed E-state index contributed by atoms with van der Waals surface area (Å²) in [6.45, 7) is 3.93. The van der Waals surface area contributed by atoms with Gasteiger partial charge in [0.05, 0.1) is 22.8 Å². The van der Waals surface area contributed by atoms with Crippen LogP contribution in [0.15, 0.2) is 53.4 Å². The molecule has 33 heavy (non-hydrogen) atoms. The number of aryl methyl sites for hydroxylation is 1. The number of benzene rings is 2. The van der Waals surface area contributed by atoms with E-state index in [0.29, 0.717) is 23.6 Å². The zero-order valence-electron chi connectivity index (χ0n) is 17.9. The third kappa shape index (κ3) is 6.36. The lowest BCUT2D eigenvalue weighted by molar-refractivity contribution is 0.0499. The fraction of sp³-hybridized carbons (Fsp3) is 0.227. The Balaban J connectivity index is 1.66. The van der Waals surface area contributed by atoms with Gasteiger partial charge in [-0.15, -0.1) is 0 Å². The lowest BCUT2D eigenvalue weighted by atomic mass is 10.2. The molecule has 174 valence electrons. The summed E-state index contributed by atoms with van der Waals surface area (Å²) in [6.07, 6.45) is 1.71. The summed E-state index contributed by atoms with van der Waals surface area (Å²) >= 11 is 0.869. The zero-order chi connectivity index (χ0) is 24.0. The van der Waals surface area contributed by atoms with Crippen LogP contribution in [0.3, 0.4) is 0 Å². The smallest absolute Gasteiger partial charge is 0.338 e. The van der Waals surface area contributed by atoms with Gasteiger partial charge in [0.15, 0.2) is 5.13 Å². The number of thiazole rings is 1. The van der Waals surface area contributed by atoms with E-state index in [1.54, 1.807) is 31.2 Å². The van der Waals surface area contributed by atoms with Crippen LogP contribution in [0.25, 0.3) is 0 Å². The van der Waals surface area contributed by atoms with E-state index in [9.17, 15) is 22.4 Å². The highest BCUT2D eigenvalue weighted by Crippen LogP contribution is 2.26. The van der Waals surface area contributed by atoms with Gasteiger partial charge in [0, 0.05) is 5.69 Å². The van der Waals surface area contributed by atoms with E-state index in [1.807, 2.05) is 6.92 Å². The number of anilines is 2. The molecule has 3 rings (SSSR count). The van der Waals surface area contributed by atoms with Gasteiger partial charge in [0.25, 0.3) is 15.9 Å². The Kier molecular flexibility index (Phi) is 7.77. The van der Waals surface area contributed by atoms with E-state index in [-0.39, 0.29) is 14.9 Å². The fourth-order valence-corrected chi connectivity index (χ4v) is 4.80. The number of ether oxygens (including phenoxy) is 1. The fourth-order valence-electron chi connectivity index (χ4n) is 2.71. The number of hydrogen-bond acceptors (Lipinski definition) is 7. The third-order valence-corrected chi connectivity index (χ3v) is 7.01. The van der Waals surface area contributed by atoms with E-state index in [4.69, 9.17) is 4.74 Å². The molecule has 3 aromatic rings. The zero-order valence-corrected chi connectivity index (χ0v) is 19.6. The minimum absolute atomic E-state index is 0.00662. The molecule has 0 bridgehead atoms. The van der Waals surface area contributed by atoms with Crippen molar-refractivity contribution in [3.63, 3.8) is 0 Å². The van der Waals surface area contributed by atoms with Crippen molar-refractivity contribution in [1.82, 2.24) is 4.98 Å². The molecule has 8 nitrogen and oxygen atoms in total. The van der Waals surface area contributed by atoms with Crippen LogP contribution in [0.1, 0.15) is 45.5 Å². The predicted molar refractivity (Wildman–Crippen MR) is 124 cm³/mol. The molecule has 2 aromatic carbocycles. The Bertz CT molecular complexity index is 1240. The number of rotatable bonds is 9. The van der Waals surface area contributed by atoms with Gasteiger partial charge < -0.3 is 10.1 Å². The summed E-state index contributed by atoms with van der Waals surface area (Å²) in [5, 5.41) is 2.70. The van der Waals surface area contributed by atoms with Gasteiger partial charge in [-0.05, 0) is 61.9 Å². The van der Waals surface area contributed by atoms with Crippen LogP contribution in [0.5, 0.6) is 0 Å². The second-order valence-electron chi connectivity index (χ2n) is 7.01. The molecule has 0 spiro atoms. The minimum atomic E-state index is -3.98. The molecule has 0 aliphatic heterocycles. The Morgan fingerprint density at radius 1 is 1.09 bits per heavy atom. The first-order valence-corrected chi connectivity index (χ1v) is 12.3. The largest absolute Gasteiger partial charge is 0.462 e. The highest BCUT2D eigenvalue weighted by atomic mass is 32.2. The molecule has 0 unspecified atom stereocenters. The van der Waals surface area contributed by atoms with Gasteiger partial charge in [0.1, 0.15) is 10.7 Å². The highest BCUT2D eigenvalue weighted by molar-refractivity contribution is 7.93. The highest BCUT2D eigenvalue weighted by Gasteiger charge is 2.20. The molecule has 1 amide bonds. The van der Waals surface area contributed by atoms with Gasteiger partial charge in [0.2, 0.25) is 0 Å². The van der Waals surface area contributed by atoms with Crippen molar-refractivity contribution in [2.24, 2.45) is 0 Å². The summed E-state index contributed by atoms with van der Waals surface area (Å²) in [5.74, 6) is -1.47. The molecule has 0 aliphatic rings. The van der Waals surface area contributed by atoms with Crippen molar-refractivity contribution in [2.45, 2.75) is 31.6 Å². The molecular weight excluding hydrogens is 469 g/mol. The molecule has 1 heterocycles. The minimum Gasteiger partial charge on any atom is -0.462 e. The van der Waals surface area contributed by atoms with E-state index < -0.39 is 27.7 Å². The molecular formula is C22H22FN3O5S2. The summed E-state index contributed by atoms with van der Waals surface area (Å²) in [7, 11) is -3.98. The second kappa shape index (κ2) is 10.5. The number of nitrogens with zero attached hydrogens (tertiary/aromatic N) is 1. The molecule has 0 aliphatic carbocycles. The maximum absolute atomic E-state index is 13.1. The number of carbonyl (C=O) groups excluding carboxylic acids is 2. The van der Waals surface area contributed by atoms with Crippen LogP contribution in [-0.4, -0.2) is 31.9 Å². The number of carbonyl (C=O) groups is 2. The van der Waals surface area contributed by atoms with E-state index >= 15 is 0 Å². The molecule has 2 N–H and O–H groups in total. The maximum Gasteiger partial charge on any atom is 0.338 e. The molecule has 0 saturated carbocycles. The van der Waals surface area contributed by atoms with Gasteiger partial charge >= 0.3 is 5.97 Å². The maximum atomic E-state index is 13.1. The number of amides is 1. The van der Waals surface area contributed by atoms with Gasteiger partial charge in [-0.3, -0.25) is 9.52 Å². The first kappa shape index (κ1) is 24.3. The Morgan fingerprint density at radius 3 is 2.39 bits per heavy atom. The predicted octanol–water partition coefficient (Wildman–Crippen LogP) is 4.60. The number of unbranched alkanes of at least 4 members (excludes halogenated alkanes) is 1. The van der Waals surface area contributed by atoms with Crippen molar-refractivity contribution < 1.29 is 27.1 Å². The van der Waals surface area contributed by atoms with Crippen LogP contribution >= 0.6 is 11.3 Å². The van der Waals surface area contributed by atoms with Gasteiger partial charge in [-0.1, -0.05) is 24.7 Å². The van der Waals surface area contributed by atoms with E-state index in [1.165, 1.54) is 0 Å². The summed E-state index contributed by atoms with van der Waals surface area (Å²) in [4.78, 5) is 28.8. The van der Waals surface area contributed by atoms with Crippen molar-refractivity contribution >= 4 is 44.1 Å². The number of sulfonamides is 1. The SMILES string of the molecule is CCCCOC(=O)c1ccc(NC(=O)c2sc(NS(=O)(=O)c3ccc(F)cc3)nc2C)cc1. The molecule has 1 aromatic heterocycles. The monoisotopic (exact) mass is 491 g/mol. The first-order valence-electron chi connectivity index (χ1n) is 10.0. The summed E-state index contributed by atoms with van der Waals surface area (Å²) in [6, 6.07) is 10.6. The molecule has 0 atom stereocenters. The number of nitrogens with one attached hydrogen (secondary N) is 2. The van der Waals surface area contributed by atoms with Crippen LogP contribution in [-0.2, 0) is 14.8 Å². The summed E-state index contributed by atoms with van der Waals surface area (Å²) < 4.78 is 45.4. The van der Waals surface area contributed by atoms with Crippen molar-refractivity contribution in [2.75, 3.05) is 16.6 Å². The lowest BCUT2D eigenvalue weighted by Gasteiger charge is -2.06. The number of halogens is 1. The molecule has 11 heteroatoms. The number of hydrogen-bond donors (Lipinski definition) is 2. The second-order valence-corrected chi connectivity index (χ2v) is 9.70. The van der Waals surface area contributed by atoms with E-state index in [2.05, 4.69) is 15.0 Å². The molecule has 0 fully saturated rings. The van der Waals surface area contributed by atoms with Gasteiger partial charge in [-0.25, -0.2) is 22.6 Å². The topological polar surface area (TPSA) is 114 Å². The molecule has 0 saturated heterocycles. The van der Waals surface area contributed by atoms with Crippen LogP contribution < -0.4 is 10.0 Å². The first-order chi connectivity index (χ1) is 15.7. The van der Waals surface area contributed by atoms with Crippen LogP contribution in [0.2, 0.25) is 0 Å². The van der Waals surface area contributed by atoms with E-state index in [0.717, 1.165) is 48.4 Å². The van der Waals surface area contributed by atoms with Crippen LogP contribution in [0.4, 0.5) is 15.2 Å². The van der Waals surface area contributed by atoms with Crippen molar-refractivity contribution in [1.29, 1.82) is 0 Å².